The van der Waals surface area contributed by atoms with Gasteiger partial charge in [0.15, 0.2) is 0 Å². The fraction of sp³-hybridized carbons (Fsp3) is 0.571. The summed E-state index contributed by atoms with van der Waals surface area (Å²) in [5.41, 5.74) is 4.67. The molecular weight excluding hydrogens is 168 g/mol. The van der Waals surface area contributed by atoms with Gasteiger partial charge in [-0.2, -0.15) is 0 Å². The van der Waals surface area contributed by atoms with Crippen LogP contribution in [0.2, 0.25) is 0 Å². The van der Waals surface area contributed by atoms with Crippen LogP contribution in [0.3, 0.4) is 0 Å². The molecule has 0 N–H and O–H groups in total. The van der Waals surface area contributed by atoms with E-state index in [0.29, 0.717) is 0 Å². The van der Waals surface area contributed by atoms with Crippen LogP contribution in [0.1, 0.15) is 51.3 Å². The summed E-state index contributed by atoms with van der Waals surface area (Å²) in [7, 11) is 0. The summed E-state index contributed by atoms with van der Waals surface area (Å²) in [4.78, 5) is 0. The highest BCUT2D eigenvalue weighted by Crippen LogP contribution is 2.25. The SMILES string of the molecule is CCc1cc(CC)cc(C(C)(C)C)c1. The molecule has 0 aliphatic carbocycles. The van der Waals surface area contributed by atoms with Gasteiger partial charge in [0.05, 0.1) is 0 Å². The molecule has 1 rings (SSSR count). The predicted molar refractivity (Wildman–Crippen MR) is 63.9 cm³/mol. The van der Waals surface area contributed by atoms with Crippen LogP contribution in [-0.2, 0) is 18.3 Å². The fourth-order valence-corrected chi connectivity index (χ4v) is 1.60. The Labute approximate surface area is 88.4 Å². The quantitative estimate of drug-likeness (QED) is 0.658. The molecule has 0 atom stereocenters. The lowest BCUT2D eigenvalue weighted by Gasteiger charge is -2.21. The largest absolute Gasteiger partial charge is 0.0613 e. The topological polar surface area (TPSA) is 0 Å². The molecule has 0 saturated carbocycles. The molecule has 78 valence electrons. The maximum Gasteiger partial charge on any atom is -0.0132 e. The first-order valence-electron chi connectivity index (χ1n) is 5.60. The van der Waals surface area contributed by atoms with Crippen LogP contribution in [0.25, 0.3) is 0 Å². The summed E-state index contributed by atoms with van der Waals surface area (Å²) in [6, 6.07) is 7.02. The van der Waals surface area contributed by atoms with Crippen molar-refractivity contribution in [1.82, 2.24) is 0 Å². The monoisotopic (exact) mass is 190 g/mol. The molecule has 0 heteroatoms. The summed E-state index contributed by atoms with van der Waals surface area (Å²) in [6.45, 7) is 11.3. The van der Waals surface area contributed by atoms with Gasteiger partial charge in [0.1, 0.15) is 0 Å². The highest BCUT2D eigenvalue weighted by molar-refractivity contribution is 5.34. The van der Waals surface area contributed by atoms with Crippen LogP contribution in [0.4, 0.5) is 0 Å². The zero-order valence-electron chi connectivity index (χ0n) is 10.1. The maximum absolute atomic E-state index is 2.35. The Kier molecular flexibility index (Phi) is 3.36. The van der Waals surface area contributed by atoms with Gasteiger partial charge in [-0.25, -0.2) is 0 Å². The third kappa shape index (κ3) is 2.60. The van der Waals surface area contributed by atoms with Gasteiger partial charge in [-0.3, -0.25) is 0 Å². The highest BCUT2D eigenvalue weighted by atomic mass is 14.2. The van der Waals surface area contributed by atoms with E-state index in [2.05, 4.69) is 52.8 Å². The minimum atomic E-state index is 0.273. The minimum Gasteiger partial charge on any atom is -0.0613 e. The van der Waals surface area contributed by atoms with Crippen LogP contribution in [-0.4, -0.2) is 0 Å². The van der Waals surface area contributed by atoms with E-state index in [1.807, 2.05) is 0 Å². The molecule has 0 spiro atoms. The van der Waals surface area contributed by atoms with Gasteiger partial charge in [-0.15, -0.1) is 0 Å². The zero-order chi connectivity index (χ0) is 10.8. The van der Waals surface area contributed by atoms with Gasteiger partial charge in [0.25, 0.3) is 0 Å². The Balaban J connectivity index is 3.17. The van der Waals surface area contributed by atoms with Gasteiger partial charge >= 0.3 is 0 Å². The Morgan fingerprint density at radius 2 is 1.29 bits per heavy atom. The first-order valence-corrected chi connectivity index (χ1v) is 5.60. The maximum atomic E-state index is 2.35. The van der Waals surface area contributed by atoms with E-state index in [9.17, 15) is 0 Å². The Morgan fingerprint density at radius 1 is 0.857 bits per heavy atom. The van der Waals surface area contributed by atoms with Crippen molar-refractivity contribution in [1.29, 1.82) is 0 Å². The van der Waals surface area contributed by atoms with Gasteiger partial charge in [0, 0.05) is 0 Å². The van der Waals surface area contributed by atoms with Gasteiger partial charge in [-0.05, 0) is 34.9 Å². The molecule has 0 nitrogen and oxygen atoms in total. The predicted octanol–water partition coefficient (Wildman–Crippen LogP) is 4.11. The standard InChI is InChI=1S/C14H22/c1-6-11-8-12(7-2)10-13(9-11)14(3,4)5/h8-10H,6-7H2,1-5H3. The number of hydrogen-bond acceptors (Lipinski definition) is 0. The second kappa shape index (κ2) is 4.16. The molecule has 0 radical (unpaired) electrons. The zero-order valence-corrected chi connectivity index (χ0v) is 10.1. The number of hydrogen-bond donors (Lipinski definition) is 0. The molecule has 0 aromatic heterocycles. The van der Waals surface area contributed by atoms with Crippen LogP contribution in [0.5, 0.6) is 0 Å². The van der Waals surface area contributed by atoms with E-state index < -0.39 is 0 Å². The normalized spacial score (nSPS) is 11.8. The van der Waals surface area contributed by atoms with Crippen molar-refractivity contribution < 1.29 is 0 Å². The average Bonchev–Trinajstić information content (AvgIpc) is 2.15. The molecule has 0 aliphatic heterocycles. The van der Waals surface area contributed by atoms with E-state index >= 15 is 0 Å². The summed E-state index contributed by atoms with van der Waals surface area (Å²) < 4.78 is 0. The molecule has 0 amide bonds. The number of benzene rings is 1. The van der Waals surface area contributed by atoms with Crippen LogP contribution < -0.4 is 0 Å². The third-order valence-corrected chi connectivity index (χ3v) is 2.74. The van der Waals surface area contributed by atoms with Crippen molar-refractivity contribution in [2.75, 3.05) is 0 Å². The summed E-state index contributed by atoms with van der Waals surface area (Å²) in [5, 5.41) is 0. The van der Waals surface area contributed by atoms with E-state index in [0.717, 1.165) is 12.8 Å². The average molecular weight is 190 g/mol. The molecule has 0 fully saturated rings. The van der Waals surface area contributed by atoms with E-state index in [-0.39, 0.29) is 5.41 Å². The summed E-state index contributed by atoms with van der Waals surface area (Å²) >= 11 is 0. The second-order valence-corrected chi connectivity index (χ2v) is 5.00. The van der Waals surface area contributed by atoms with E-state index in [4.69, 9.17) is 0 Å². The molecule has 14 heavy (non-hydrogen) atoms. The molecule has 0 heterocycles. The first kappa shape index (κ1) is 11.3. The number of rotatable bonds is 2. The fourth-order valence-electron chi connectivity index (χ4n) is 1.60. The first-order chi connectivity index (χ1) is 6.47. The van der Waals surface area contributed by atoms with Crippen molar-refractivity contribution in [3.63, 3.8) is 0 Å². The highest BCUT2D eigenvalue weighted by Gasteiger charge is 2.14. The van der Waals surface area contributed by atoms with Crippen LogP contribution >= 0.6 is 0 Å². The van der Waals surface area contributed by atoms with Gasteiger partial charge < -0.3 is 0 Å². The Hall–Kier alpha value is -0.780. The van der Waals surface area contributed by atoms with Gasteiger partial charge in [0.2, 0.25) is 0 Å². The lowest BCUT2D eigenvalue weighted by molar-refractivity contribution is 0.588. The summed E-state index contributed by atoms with van der Waals surface area (Å²) in [6.07, 6.45) is 2.27. The number of aryl methyl sites for hydroxylation is 2. The molecular formula is C14H22. The van der Waals surface area contributed by atoms with Crippen molar-refractivity contribution in [2.45, 2.75) is 52.9 Å². The molecule has 0 unspecified atom stereocenters. The van der Waals surface area contributed by atoms with Crippen molar-refractivity contribution in [3.05, 3.63) is 34.9 Å². The van der Waals surface area contributed by atoms with Crippen LogP contribution in [0.15, 0.2) is 18.2 Å². The molecule has 0 saturated heterocycles. The molecule has 0 bridgehead atoms. The van der Waals surface area contributed by atoms with Crippen molar-refractivity contribution >= 4 is 0 Å². The van der Waals surface area contributed by atoms with Crippen molar-refractivity contribution in [3.8, 4) is 0 Å². The minimum absolute atomic E-state index is 0.273. The lowest BCUT2D eigenvalue weighted by atomic mass is 9.84. The third-order valence-electron chi connectivity index (χ3n) is 2.74. The summed E-state index contributed by atoms with van der Waals surface area (Å²) in [5.74, 6) is 0. The van der Waals surface area contributed by atoms with Crippen LogP contribution in [0, 0.1) is 0 Å². The van der Waals surface area contributed by atoms with E-state index in [1.165, 1.54) is 16.7 Å². The second-order valence-electron chi connectivity index (χ2n) is 5.00. The molecule has 1 aromatic rings. The van der Waals surface area contributed by atoms with Gasteiger partial charge in [-0.1, -0.05) is 52.8 Å². The smallest absolute Gasteiger partial charge is 0.0132 e. The molecule has 1 aromatic carbocycles. The lowest BCUT2D eigenvalue weighted by Crippen LogP contribution is -2.12. The Morgan fingerprint density at radius 3 is 1.57 bits per heavy atom. The molecule has 0 aliphatic rings. The Bertz CT molecular complexity index is 280. The van der Waals surface area contributed by atoms with E-state index in [1.54, 1.807) is 0 Å². The van der Waals surface area contributed by atoms with Crippen molar-refractivity contribution in [2.24, 2.45) is 0 Å².